The third-order valence-corrected chi connectivity index (χ3v) is 6.48. The standard InChI is InChI=1S/C26H28N8O2/c1-3-29-25-32-20(15-22(33-25)34-10-12-36-13-11-34)19-14-21(31-24(35)18-4-8-28-9-5-18)23(30-17(19)2)26(16-27)6-7-26/h4-5,8-9,14-15H,3,6-7,10-13H2,1-2H3,(H,31,35)(H,29,32,33). The molecule has 36 heavy (non-hydrogen) atoms. The maximum Gasteiger partial charge on any atom is 0.255 e. The van der Waals surface area contributed by atoms with Gasteiger partial charge in [0, 0.05) is 54.9 Å². The molecular formula is C26H28N8O2. The van der Waals surface area contributed by atoms with Gasteiger partial charge in [-0.3, -0.25) is 14.8 Å². The molecule has 0 spiro atoms. The summed E-state index contributed by atoms with van der Waals surface area (Å²) < 4.78 is 5.50. The predicted octanol–water partition coefficient (Wildman–Crippen LogP) is 3.32. The second-order valence-electron chi connectivity index (χ2n) is 8.97. The van der Waals surface area contributed by atoms with Gasteiger partial charge in [-0.25, -0.2) is 4.98 Å². The summed E-state index contributed by atoms with van der Waals surface area (Å²) in [5.41, 5.74) is 3.13. The summed E-state index contributed by atoms with van der Waals surface area (Å²) in [7, 11) is 0. The highest BCUT2D eigenvalue weighted by Gasteiger charge is 2.48. The molecule has 5 rings (SSSR count). The lowest BCUT2D eigenvalue weighted by atomic mass is 9.98. The van der Waals surface area contributed by atoms with Crippen LogP contribution in [-0.4, -0.2) is 58.7 Å². The van der Waals surface area contributed by atoms with E-state index in [2.05, 4.69) is 26.6 Å². The van der Waals surface area contributed by atoms with E-state index >= 15 is 0 Å². The molecule has 3 aromatic heterocycles. The second kappa shape index (κ2) is 9.87. The van der Waals surface area contributed by atoms with Gasteiger partial charge in [0.25, 0.3) is 5.91 Å². The van der Waals surface area contributed by atoms with Crippen molar-refractivity contribution in [1.82, 2.24) is 19.9 Å². The highest BCUT2D eigenvalue weighted by Crippen LogP contribution is 2.50. The first-order valence-electron chi connectivity index (χ1n) is 12.1. The fourth-order valence-electron chi connectivity index (χ4n) is 4.31. The molecule has 1 saturated heterocycles. The number of hydrogen-bond acceptors (Lipinski definition) is 9. The Hall–Kier alpha value is -4.10. The van der Waals surface area contributed by atoms with Crippen LogP contribution in [0.4, 0.5) is 17.5 Å². The van der Waals surface area contributed by atoms with Crippen LogP contribution in [0.5, 0.6) is 0 Å². The van der Waals surface area contributed by atoms with E-state index in [1.165, 1.54) is 0 Å². The average Bonchev–Trinajstić information content (AvgIpc) is 3.72. The number of nitriles is 1. The van der Waals surface area contributed by atoms with Gasteiger partial charge in [-0.15, -0.1) is 0 Å². The third-order valence-electron chi connectivity index (χ3n) is 6.48. The number of rotatable bonds is 7. The number of pyridine rings is 2. The van der Waals surface area contributed by atoms with E-state index in [-0.39, 0.29) is 5.91 Å². The largest absolute Gasteiger partial charge is 0.378 e. The van der Waals surface area contributed by atoms with Crippen molar-refractivity contribution < 1.29 is 9.53 Å². The van der Waals surface area contributed by atoms with Gasteiger partial charge in [0.1, 0.15) is 11.2 Å². The third kappa shape index (κ3) is 4.70. The summed E-state index contributed by atoms with van der Waals surface area (Å²) in [6.07, 6.45) is 4.57. The minimum Gasteiger partial charge on any atom is -0.378 e. The Morgan fingerprint density at radius 2 is 1.92 bits per heavy atom. The summed E-state index contributed by atoms with van der Waals surface area (Å²) in [6, 6.07) is 9.54. The van der Waals surface area contributed by atoms with E-state index < -0.39 is 5.41 Å². The van der Waals surface area contributed by atoms with Crippen LogP contribution < -0.4 is 15.5 Å². The lowest BCUT2D eigenvalue weighted by Gasteiger charge is -2.28. The van der Waals surface area contributed by atoms with E-state index in [1.807, 2.05) is 26.0 Å². The molecule has 0 atom stereocenters. The minimum atomic E-state index is -0.677. The number of hydrogen-bond donors (Lipinski definition) is 2. The highest BCUT2D eigenvalue weighted by molar-refractivity contribution is 6.05. The van der Waals surface area contributed by atoms with Crippen LogP contribution in [0, 0.1) is 18.3 Å². The van der Waals surface area contributed by atoms with E-state index in [9.17, 15) is 10.1 Å². The van der Waals surface area contributed by atoms with Crippen molar-refractivity contribution in [2.24, 2.45) is 0 Å². The quantitative estimate of drug-likeness (QED) is 0.519. The zero-order chi connectivity index (χ0) is 25.1. The first-order chi connectivity index (χ1) is 17.5. The first kappa shape index (κ1) is 23.6. The Morgan fingerprint density at radius 3 is 2.58 bits per heavy atom. The van der Waals surface area contributed by atoms with Crippen molar-refractivity contribution in [3.63, 3.8) is 0 Å². The highest BCUT2D eigenvalue weighted by atomic mass is 16.5. The Bertz CT molecular complexity index is 1310. The zero-order valence-electron chi connectivity index (χ0n) is 20.4. The van der Waals surface area contributed by atoms with Crippen molar-refractivity contribution >= 4 is 23.4 Å². The van der Waals surface area contributed by atoms with Gasteiger partial charge in [0.15, 0.2) is 0 Å². The fraction of sp³-hybridized carbons (Fsp3) is 0.385. The second-order valence-corrected chi connectivity index (χ2v) is 8.97. The molecule has 1 amide bonds. The Kier molecular flexibility index (Phi) is 6.48. The monoisotopic (exact) mass is 484 g/mol. The summed E-state index contributed by atoms with van der Waals surface area (Å²) in [5, 5.41) is 16.1. The lowest BCUT2D eigenvalue weighted by molar-refractivity contribution is 0.102. The van der Waals surface area contributed by atoms with E-state index in [0.717, 1.165) is 30.2 Å². The topological polar surface area (TPSA) is 129 Å². The van der Waals surface area contributed by atoms with E-state index in [1.54, 1.807) is 24.5 Å². The van der Waals surface area contributed by atoms with Gasteiger partial charge >= 0.3 is 0 Å². The summed E-state index contributed by atoms with van der Waals surface area (Å²) >= 11 is 0. The Labute approximate surface area is 209 Å². The van der Waals surface area contributed by atoms with Crippen LogP contribution in [0.3, 0.4) is 0 Å². The van der Waals surface area contributed by atoms with Crippen LogP contribution in [0.1, 0.15) is 41.5 Å². The number of morpholine rings is 1. The molecule has 2 aliphatic rings. The molecule has 0 aromatic carbocycles. The molecule has 2 N–H and O–H groups in total. The number of aryl methyl sites for hydroxylation is 1. The molecule has 184 valence electrons. The van der Waals surface area contributed by atoms with Gasteiger partial charge in [-0.1, -0.05) is 0 Å². The van der Waals surface area contributed by atoms with Crippen molar-refractivity contribution in [2.75, 3.05) is 48.4 Å². The fourth-order valence-corrected chi connectivity index (χ4v) is 4.31. The molecule has 10 nitrogen and oxygen atoms in total. The first-order valence-corrected chi connectivity index (χ1v) is 12.1. The van der Waals surface area contributed by atoms with Crippen LogP contribution in [0.15, 0.2) is 36.7 Å². The maximum atomic E-state index is 13.0. The summed E-state index contributed by atoms with van der Waals surface area (Å²) in [6.45, 7) is 7.37. The van der Waals surface area contributed by atoms with Crippen molar-refractivity contribution in [3.8, 4) is 17.3 Å². The van der Waals surface area contributed by atoms with Crippen LogP contribution in [0.2, 0.25) is 0 Å². The summed E-state index contributed by atoms with van der Waals surface area (Å²) in [4.78, 5) is 33.5. The molecule has 1 saturated carbocycles. The molecule has 1 aliphatic heterocycles. The Morgan fingerprint density at radius 1 is 1.17 bits per heavy atom. The number of aromatic nitrogens is 4. The normalized spacial score (nSPS) is 16.2. The van der Waals surface area contributed by atoms with Crippen molar-refractivity contribution in [2.45, 2.75) is 32.1 Å². The molecule has 1 aliphatic carbocycles. The molecule has 0 bridgehead atoms. The maximum absolute atomic E-state index is 13.0. The van der Waals surface area contributed by atoms with Crippen LogP contribution in [0.25, 0.3) is 11.3 Å². The predicted molar refractivity (Wildman–Crippen MR) is 136 cm³/mol. The number of anilines is 3. The molecular weight excluding hydrogens is 456 g/mol. The number of carbonyl (C=O) groups excluding carboxylic acids is 1. The van der Waals surface area contributed by atoms with E-state index in [4.69, 9.17) is 19.7 Å². The van der Waals surface area contributed by atoms with Crippen LogP contribution in [-0.2, 0) is 10.2 Å². The molecule has 0 unspecified atom stereocenters. The smallest absolute Gasteiger partial charge is 0.255 e. The molecule has 3 aromatic rings. The van der Waals surface area contributed by atoms with Gasteiger partial charge in [0.05, 0.1) is 36.4 Å². The number of amides is 1. The molecule has 0 radical (unpaired) electrons. The van der Waals surface area contributed by atoms with Crippen molar-refractivity contribution in [3.05, 3.63) is 53.6 Å². The molecule has 4 heterocycles. The van der Waals surface area contributed by atoms with E-state index in [0.29, 0.717) is 61.2 Å². The van der Waals surface area contributed by atoms with Gasteiger partial charge < -0.3 is 20.3 Å². The summed E-state index contributed by atoms with van der Waals surface area (Å²) in [5.74, 6) is 1.05. The Balaban J connectivity index is 1.59. The SMILES string of the molecule is CCNc1nc(-c2cc(NC(=O)c3ccncc3)c(C3(C#N)CC3)nc2C)cc(N2CCOCC2)n1. The van der Waals surface area contributed by atoms with Crippen LogP contribution >= 0.6 is 0 Å². The van der Waals surface area contributed by atoms with Gasteiger partial charge in [-0.2, -0.15) is 10.2 Å². The number of ether oxygens (including phenoxy) is 1. The zero-order valence-corrected chi connectivity index (χ0v) is 20.4. The van der Waals surface area contributed by atoms with Gasteiger partial charge in [-0.05, 0) is 44.9 Å². The average molecular weight is 485 g/mol. The lowest BCUT2D eigenvalue weighted by Crippen LogP contribution is -2.37. The number of carbonyl (C=O) groups is 1. The molecule has 2 fully saturated rings. The number of nitrogens with zero attached hydrogens (tertiary/aromatic N) is 6. The molecule has 10 heteroatoms. The number of nitrogens with one attached hydrogen (secondary N) is 2. The minimum absolute atomic E-state index is 0.283. The van der Waals surface area contributed by atoms with Crippen molar-refractivity contribution in [1.29, 1.82) is 5.26 Å². The van der Waals surface area contributed by atoms with Gasteiger partial charge in [0.2, 0.25) is 5.95 Å².